The van der Waals surface area contributed by atoms with Gasteiger partial charge in [-0.15, -0.1) is 0 Å². The molecule has 4 nitrogen and oxygen atoms in total. The quantitative estimate of drug-likeness (QED) is 0.650. The summed E-state index contributed by atoms with van der Waals surface area (Å²) in [5.41, 5.74) is 1.32. The molecule has 2 aromatic carbocycles. The number of amides is 1. The first-order valence-electron chi connectivity index (χ1n) is 8.84. The van der Waals surface area contributed by atoms with Gasteiger partial charge in [0.1, 0.15) is 0 Å². The first kappa shape index (κ1) is 20.5. The average molecular weight is 472 g/mol. The van der Waals surface area contributed by atoms with E-state index in [4.69, 9.17) is 27.9 Å². The molecule has 0 unspecified atom stereocenters. The van der Waals surface area contributed by atoms with Gasteiger partial charge in [0.25, 0.3) is 5.91 Å². The maximum atomic E-state index is 12.2. The van der Waals surface area contributed by atoms with Gasteiger partial charge in [0.05, 0.1) is 9.50 Å². The molecule has 1 fully saturated rings. The smallest absolute Gasteiger partial charge is 0.258 e. The van der Waals surface area contributed by atoms with Gasteiger partial charge in [-0.1, -0.05) is 53.5 Å². The molecule has 0 atom stereocenters. The number of nitrogens with one attached hydrogen (secondary N) is 1. The van der Waals surface area contributed by atoms with E-state index >= 15 is 0 Å². The topological polar surface area (TPSA) is 41.6 Å². The van der Waals surface area contributed by atoms with Crippen LogP contribution in [0.2, 0.25) is 10.0 Å². The molecule has 27 heavy (non-hydrogen) atoms. The summed E-state index contributed by atoms with van der Waals surface area (Å²) in [6.45, 7) is 2.81. The Balaban J connectivity index is 1.42. The fourth-order valence-electron chi connectivity index (χ4n) is 3.15. The van der Waals surface area contributed by atoms with Crippen LogP contribution in [0.4, 0.5) is 0 Å². The fraction of sp³-hybridized carbons (Fsp3) is 0.350. The lowest BCUT2D eigenvalue weighted by molar-refractivity contribution is -0.124. The van der Waals surface area contributed by atoms with E-state index in [1.807, 2.05) is 6.07 Å². The van der Waals surface area contributed by atoms with Crippen molar-refractivity contribution in [3.05, 3.63) is 62.5 Å². The molecule has 0 radical (unpaired) electrons. The van der Waals surface area contributed by atoms with Gasteiger partial charge in [-0.3, -0.25) is 9.69 Å². The first-order valence-corrected chi connectivity index (χ1v) is 10.4. The van der Waals surface area contributed by atoms with Crippen LogP contribution in [0.25, 0.3) is 0 Å². The van der Waals surface area contributed by atoms with Gasteiger partial charge in [-0.25, -0.2) is 0 Å². The van der Waals surface area contributed by atoms with Crippen LogP contribution in [0.1, 0.15) is 18.4 Å². The van der Waals surface area contributed by atoms with Crippen molar-refractivity contribution in [2.45, 2.75) is 25.4 Å². The summed E-state index contributed by atoms with van der Waals surface area (Å²) in [6, 6.07) is 13.9. The number of nitrogens with zero attached hydrogens (tertiary/aromatic N) is 1. The van der Waals surface area contributed by atoms with Crippen molar-refractivity contribution >= 4 is 45.0 Å². The van der Waals surface area contributed by atoms with Gasteiger partial charge in [-0.2, -0.15) is 0 Å². The largest absolute Gasteiger partial charge is 0.481 e. The Morgan fingerprint density at radius 3 is 2.56 bits per heavy atom. The van der Waals surface area contributed by atoms with Gasteiger partial charge >= 0.3 is 0 Å². The summed E-state index contributed by atoms with van der Waals surface area (Å²) in [7, 11) is 0. The zero-order valence-corrected chi connectivity index (χ0v) is 17.9. The maximum Gasteiger partial charge on any atom is 0.258 e. The van der Waals surface area contributed by atoms with E-state index < -0.39 is 0 Å². The molecule has 1 aliphatic rings. The summed E-state index contributed by atoms with van der Waals surface area (Å²) in [6.07, 6.45) is 1.87. The number of halogens is 3. The van der Waals surface area contributed by atoms with E-state index in [9.17, 15) is 4.79 Å². The minimum atomic E-state index is -0.144. The van der Waals surface area contributed by atoms with Crippen LogP contribution in [-0.2, 0) is 11.3 Å². The highest BCUT2D eigenvalue weighted by Crippen LogP contribution is 2.35. The Morgan fingerprint density at radius 1 is 1.19 bits per heavy atom. The highest BCUT2D eigenvalue weighted by Gasteiger charge is 2.21. The van der Waals surface area contributed by atoms with E-state index in [2.05, 4.69) is 50.4 Å². The molecule has 1 aliphatic heterocycles. The molecule has 1 amide bonds. The third-order valence-corrected chi connectivity index (χ3v) is 5.60. The van der Waals surface area contributed by atoms with E-state index in [0.29, 0.717) is 20.3 Å². The molecule has 2 aromatic rings. The summed E-state index contributed by atoms with van der Waals surface area (Å²) < 4.78 is 6.19. The third-order valence-electron chi connectivity index (χ3n) is 4.51. The van der Waals surface area contributed by atoms with Gasteiger partial charge in [-0.05, 0) is 46.5 Å². The van der Waals surface area contributed by atoms with E-state index in [-0.39, 0.29) is 18.6 Å². The highest BCUT2D eigenvalue weighted by atomic mass is 79.9. The molecular weight excluding hydrogens is 451 g/mol. The molecule has 0 spiro atoms. The normalized spacial score (nSPS) is 15.5. The fourth-order valence-corrected chi connectivity index (χ4v) is 4.52. The van der Waals surface area contributed by atoms with E-state index in [1.165, 1.54) is 5.56 Å². The molecule has 1 saturated heterocycles. The average Bonchev–Trinajstić information content (AvgIpc) is 2.63. The van der Waals surface area contributed by atoms with Crippen LogP contribution in [0.5, 0.6) is 5.75 Å². The number of ether oxygens (including phenoxy) is 1. The summed E-state index contributed by atoms with van der Waals surface area (Å²) in [5.74, 6) is 0.281. The zero-order chi connectivity index (χ0) is 19.2. The second-order valence-electron chi connectivity index (χ2n) is 6.59. The van der Waals surface area contributed by atoms with Crippen molar-refractivity contribution in [3.8, 4) is 5.75 Å². The van der Waals surface area contributed by atoms with Crippen molar-refractivity contribution < 1.29 is 9.53 Å². The van der Waals surface area contributed by atoms with E-state index in [0.717, 1.165) is 32.5 Å². The number of likely N-dealkylation sites (tertiary alicyclic amines) is 1. The predicted octanol–water partition coefficient (Wildman–Crippen LogP) is 4.92. The second-order valence-corrected chi connectivity index (χ2v) is 8.29. The monoisotopic (exact) mass is 470 g/mol. The number of rotatable bonds is 6. The molecule has 0 aromatic heterocycles. The summed E-state index contributed by atoms with van der Waals surface area (Å²) in [5, 5.41) is 3.93. The molecule has 1 heterocycles. The van der Waals surface area contributed by atoms with Crippen molar-refractivity contribution in [1.29, 1.82) is 0 Å². The van der Waals surface area contributed by atoms with Crippen molar-refractivity contribution in [2.24, 2.45) is 0 Å². The standard InChI is InChI=1S/C20H21BrCl2N2O2/c21-17-10-15(22)11-18(23)20(17)27-13-19(26)24-16-6-8-25(9-7-16)12-14-4-2-1-3-5-14/h1-5,10-11,16H,6-9,12-13H2,(H,24,26). The second kappa shape index (κ2) is 9.78. The van der Waals surface area contributed by atoms with Crippen LogP contribution in [0.3, 0.4) is 0 Å². The summed E-state index contributed by atoms with van der Waals surface area (Å²) >= 11 is 15.4. The van der Waals surface area contributed by atoms with Gasteiger partial charge in [0.2, 0.25) is 0 Å². The SMILES string of the molecule is O=C(COc1c(Cl)cc(Cl)cc1Br)NC1CCN(Cc2ccccc2)CC1. The number of carbonyl (C=O) groups excluding carboxylic acids is 1. The number of benzene rings is 2. The van der Waals surface area contributed by atoms with Gasteiger partial charge in [0, 0.05) is 30.7 Å². The molecule has 144 valence electrons. The first-order chi connectivity index (χ1) is 13.0. The Morgan fingerprint density at radius 2 is 1.89 bits per heavy atom. The van der Waals surface area contributed by atoms with Crippen molar-refractivity contribution in [2.75, 3.05) is 19.7 Å². The molecule has 1 N–H and O–H groups in total. The Hall–Kier alpha value is -1.27. The lowest BCUT2D eigenvalue weighted by Crippen LogP contribution is -2.45. The maximum absolute atomic E-state index is 12.2. The van der Waals surface area contributed by atoms with Crippen molar-refractivity contribution in [3.63, 3.8) is 0 Å². The number of hydrogen-bond donors (Lipinski definition) is 1. The highest BCUT2D eigenvalue weighted by molar-refractivity contribution is 9.10. The van der Waals surface area contributed by atoms with Crippen molar-refractivity contribution in [1.82, 2.24) is 10.2 Å². The molecule has 0 aliphatic carbocycles. The Kier molecular flexibility index (Phi) is 7.41. The number of piperidine rings is 1. The number of hydrogen-bond acceptors (Lipinski definition) is 3. The minimum Gasteiger partial charge on any atom is -0.481 e. The molecule has 0 saturated carbocycles. The molecule has 0 bridgehead atoms. The number of carbonyl (C=O) groups is 1. The molecule has 7 heteroatoms. The van der Waals surface area contributed by atoms with Gasteiger partial charge in [0.15, 0.2) is 12.4 Å². The molecule has 3 rings (SSSR count). The molecular formula is C20H21BrCl2N2O2. The lowest BCUT2D eigenvalue weighted by Gasteiger charge is -2.32. The van der Waals surface area contributed by atoms with Gasteiger partial charge < -0.3 is 10.1 Å². The zero-order valence-electron chi connectivity index (χ0n) is 14.8. The van der Waals surface area contributed by atoms with Crippen LogP contribution in [0.15, 0.2) is 46.9 Å². The third kappa shape index (κ3) is 6.11. The minimum absolute atomic E-state index is 0.0792. The van der Waals surface area contributed by atoms with Crippen LogP contribution >= 0.6 is 39.1 Å². The Labute approximate surface area is 177 Å². The van der Waals surface area contributed by atoms with Crippen LogP contribution in [-0.4, -0.2) is 36.5 Å². The predicted molar refractivity (Wildman–Crippen MR) is 113 cm³/mol. The summed E-state index contributed by atoms with van der Waals surface area (Å²) in [4.78, 5) is 14.6. The lowest BCUT2D eigenvalue weighted by atomic mass is 10.0. The van der Waals surface area contributed by atoms with Crippen LogP contribution in [0, 0.1) is 0 Å². The van der Waals surface area contributed by atoms with Crippen LogP contribution < -0.4 is 10.1 Å². The Bertz CT molecular complexity index is 758. The van der Waals surface area contributed by atoms with E-state index in [1.54, 1.807) is 12.1 Å².